The van der Waals surface area contributed by atoms with E-state index in [0.717, 1.165) is 18.4 Å². The van der Waals surface area contributed by atoms with Crippen LogP contribution >= 0.6 is 12.2 Å². The molecular weight excluding hydrogens is 518 g/mol. The summed E-state index contributed by atoms with van der Waals surface area (Å²) in [4.78, 5) is 15.6. The normalized spacial score (nSPS) is 11.0. The number of unbranched alkanes of at least 4 members (excludes halogenated alkanes) is 1. The summed E-state index contributed by atoms with van der Waals surface area (Å²) in [5, 5.41) is 19.5. The van der Waals surface area contributed by atoms with E-state index in [2.05, 4.69) is 17.6 Å². The average Bonchev–Trinajstić information content (AvgIpc) is 2.91. The van der Waals surface area contributed by atoms with E-state index in [1.165, 1.54) is 6.07 Å². The first-order chi connectivity index (χ1) is 18.1. The van der Waals surface area contributed by atoms with Gasteiger partial charge in [0, 0.05) is 29.9 Å². The number of nitrogens with one attached hydrogen (secondary N) is 3. The molecule has 0 saturated carbocycles. The van der Waals surface area contributed by atoms with E-state index < -0.39 is 10.0 Å². The minimum Gasteiger partial charge on any atom is -0.335 e. The zero-order chi connectivity index (χ0) is 27.7. The molecule has 3 rings (SSSR count). The van der Waals surface area contributed by atoms with Gasteiger partial charge in [0.2, 0.25) is 10.0 Å². The van der Waals surface area contributed by atoms with E-state index in [0.29, 0.717) is 46.9 Å². The molecule has 2 amide bonds. The topological polar surface area (TPSA) is 128 Å². The van der Waals surface area contributed by atoms with Crippen molar-refractivity contribution in [3.8, 4) is 11.1 Å². The molecule has 38 heavy (non-hydrogen) atoms. The number of hydrogen-bond acceptors (Lipinski definition) is 5. The first-order valence-corrected chi connectivity index (χ1v) is 14.3. The second-order valence-electron chi connectivity index (χ2n) is 8.80. The number of sulfonamides is 1. The largest absolute Gasteiger partial charge is 0.335 e. The quantitative estimate of drug-likeness (QED) is 0.151. The molecule has 200 valence electrons. The molecule has 0 heterocycles. The predicted molar refractivity (Wildman–Crippen MR) is 157 cm³/mol. The summed E-state index contributed by atoms with van der Waals surface area (Å²) in [7, 11) is -3.88. The highest BCUT2D eigenvalue weighted by molar-refractivity contribution is 7.89. The lowest BCUT2D eigenvalue weighted by molar-refractivity contribution is 0.208. The Labute approximate surface area is 229 Å². The zero-order valence-electron chi connectivity index (χ0n) is 21.5. The van der Waals surface area contributed by atoms with E-state index in [4.69, 9.17) is 22.8 Å². The third-order valence-corrected chi connectivity index (χ3v) is 7.24. The number of rotatable bonds is 10. The third-order valence-electron chi connectivity index (χ3n) is 5.88. The number of nitrogens with two attached hydrogens (primary N) is 1. The van der Waals surface area contributed by atoms with Gasteiger partial charge in [0.05, 0.1) is 9.88 Å². The van der Waals surface area contributed by atoms with Gasteiger partial charge >= 0.3 is 6.03 Å². The number of carbonyl (C=O) groups excluding carboxylic acids is 1. The SMILES string of the molecule is CCCCN(Cc1cccc(C(=N)NC(=S)CC)c1)C(=O)Nc1ccc(-c2ccccc2S(N)(=O)=O)cc1. The van der Waals surface area contributed by atoms with Crippen LogP contribution in [0.1, 0.15) is 44.2 Å². The Kier molecular flexibility index (Phi) is 10.1. The van der Waals surface area contributed by atoms with Crippen molar-refractivity contribution in [3.63, 3.8) is 0 Å². The van der Waals surface area contributed by atoms with Crippen molar-refractivity contribution < 1.29 is 13.2 Å². The Hall–Kier alpha value is -3.60. The van der Waals surface area contributed by atoms with Crippen LogP contribution in [0.25, 0.3) is 11.1 Å². The number of anilines is 1. The van der Waals surface area contributed by atoms with Crippen molar-refractivity contribution in [1.29, 1.82) is 5.41 Å². The minimum atomic E-state index is -3.88. The molecule has 5 N–H and O–H groups in total. The molecule has 0 saturated heterocycles. The minimum absolute atomic E-state index is 0.0459. The molecule has 10 heteroatoms. The maximum atomic E-state index is 13.2. The number of primary sulfonamides is 1. The maximum Gasteiger partial charge on any atom is 0.322 e. The fourth-order valence-corrected chi connectivity index (χ4v) is 4.70. The van der Waals surface area contributed by atoms with Crippen LogP contribution in [0.15, 0.2) is 77.7 Å². The molecule has 0 fully saturated rings. The number of amidine groups is 1. The van der Waals surface area contributed by atoms with Crippen LogP contribution in [0, 0.1) is 5.41 Å². The molecule has 0 aromatic heterocycles. The van der Waals surface area contributed by atoms with Gasteiger partial charge in [-0.1, -0.05) is 81.0 Å². The molecule has 0 aliphatic carbocycles. The summed E-state index contributed by atoms with van der Waals surface area (Å²) in [6, 6.07) is 20.8. The van der Waals surface area contributed by atoms with Crippen LogP contribution in [-0.2, 0) is 16.6 Å². The Morgan fingerprint density at radius 3 is 2.39 bits per heavy atom. The zero-order valence-corrected chi connectivity index (χ0v) is 23.2. The molecule has 0 aliphatic rings. The van der Waals surface area contributed by atoms with E-state index in [-0.39, 0.29) is 16.8 Å². The van der Waals surface area contributed by atoms with Crippen molar-refractivity contribution in [1.82, 2.24) is 10.2 Å². The lowest BCUT2D eigenvalue weighted by atomic mass is 10.1. The highest BCUT2D eigenvalue weighted by Crippen LogP contribution is 2.27. The maximum absolute atomic E-state index is 13.2. The van der Waals surface area contributed by atoms with E-state index >= 15 is 0 Å². The van der Waals surface area contributed by atoms with Gasteiger partial charge in [0.1, 0.15) is 5.84 Å². The number of thiocarbonyl (C=S) groups is 1. The smallest absolute Gasteiger partial charge is 0.322 e. The van der Waals surface area contributed by atoms with E-state index in [1.807, 2.05) is 31.2 Å². The van der Waals surface area contributed by atoms with Gasteiger partial charge in [-0.2, -0.15) is 0 Å². The number of amides is 2. The van der Waals surface area contributed by atoms with Gasteiger partial charge in [-0.05, 0) is 48.2 Å². The van der Waals surface area contributed by atoms with Crippen molar-refractivity contribution in [2.75, 3.05) is 11.9 Å². The molecule has 0 aliphatic heterocycles. The molecular formula is C28H33N5O3S2. The summed E-state index contributed by atoms with van der Waals surface area (Å²) in [5.41, 5.74) is 3.35. The van der Waals surface area contributed by atoms with Crippen LogP contribution in [0.3, 0.4) is 0 Å². The third kappa shape index (κ3) is 7.95. The summed E-state index contributed by atoms with van der Waals surface area (Å²) in [5.74, 6) is 0.229. The van der Waals surface area contributed by atoms with Gasteiger partial charge in [0.25, 0.3) is 0 Å². The highest BCUT2D eigenvalue weighted by Gasteiger charge is 2.17. The summed E-state index contributed by atoms with van der Waals surface area (Å²) < 4.78 is 23.9. The first kappa shape index (κ1) is 29.0. The fourth-order valence-electron chi connectivity index (χ4n) is 3.84. The molecule has 0 radical (unpaired) electrons. The van der Waals surface area contributed by atoms with Crippen LogP contribution in [0.4, 0.5) is 10.5 Å². The second kappa shape index (κ2) is 13.3. The Morgan fingerprint density at radius 2 is 1.74 bits per heavy atom. The Morgan fingerprint density at radius 1 is 1.03 bits per heavy atom. The number of hydrogen-bond donors (Lipinski definition) is 4. The van der Waals surface area contributed by atoms with Gasteiger partial charge in [-0.15, -0.1) is 0 Å². The highest BCUT2D eigenvalue weighted by atomic mass is 32.2. The van der Waals surface area contributed by atoms with Gasteiger partial charge < -0.3 is 15.5 Å². The molecule has 3 aromatic rings. The number of urea groups is 1. The van der Waals surface area contributed by atoms with Crippen molar-refractivity contribution in [2.24, 2.45) is 5.14 Å². The van der Waals surface area contributed by atoms with E-state index in [1.54, 1.807) is 47.4 Å². The van der Waals surface area contributed by atoms with Crippen LogP contribution < -0.4 is 15.8 Å². The summed E-state index contributed by atoms with van der Waals surface area (Å²) in [6.07, 6.45) is 2.44. The van der Waals surface area contributed by atoms with Crippen molar-refractivity contribution in [3.05, 3.63) is 83.9 Å². The second-order valence-corrected chi connectivity index (χ2v) is 10.8. The molecule has 3 aromatic carbocycles. The van der Waals surface area contributed by atoms with Gasteiger partial charge in [0.15, 0.2) is 0 Å². The van der Waals surface area contributed by atoms with Crippen LogP contribution in [0.2, 0.25) is 0 Å². The Balaban J connectivity index is 1.75. The van der Waals surface area contributed by atoms with Crippen LogP contribution in [0.5, 0.6) is 0 Å². The monoisotopic (exact) mass is 551 g/mol. The van der Waals surface area contributed by atoms with E-state index in [9.17, 15) is 13.2 Å². The lowest BCUT2D eigenvalue weighted by Gasteiger charge is -2.23. The number of nitrogens with zero attached hydrogens (tertiary/aromatic N) is 1. The van der Waals surface area contributed by atoms with Gasteiger partial charge in [-0.3, -0.25) is 5.41 Å². The number of carbonyl (C=O) groups is 1. The average molecular weight is 552 g/mol. The van der Waals surface area contributed by atoms with Gasteiger partial charge in [-0.25, -0.2) is 18.4 Å². The van der Waals surface area contributed by atoms with Crippen molar-refractivity contribution >= 4 is 44.8 Å². The predicted octanol–water partition coefficient (Wildman–Crippen LogP) is 5.49. The summed E-state index contributed by atoms with van der Waals surface area (Å²) >= 11 is 5.19. The fraction of sp³-hybridized carbons (Fsp3) is 0.250. The molecule has 0 unspecified atom stereocenters. The first-order valence-electron chi connectivity index (χ1n) is 12.4. The molecule has 0 bridgehead atoms. The number of benzene rings is 3. The standard InChI is InChI=1S/C28H33N5O3S2/c1-3-5-17-33(19-20-9-8-10-22(18-20)27(29)32-26(37)4-2)28(34)31-23-15-13-21(14-16-23)24-11-6-7-12-25(24)38(30,35)36/h6-16,18H,3-5,17,19H2,1-2H3,(H,31,34)(H2,29,32,37)(H2,30,35,36). The Bertz CT molecular complexity index is 1410. The molecule has 8 nitrogen and oxygen atoms in total. The summed E-state index contributed by atoms with van der Waals surface area (Å²) in [6.45, 7) is 4.95. The van der Waals surface area contributed by atoms with Crippen molar-refractivity contribution in [2.45, 2.75) is 44.6 Å². The lowest BCUT2D eigenvalue weighted by Crippen LogP contribution is -2.35. The molecule has 0 spiro atoms. The molecule has 0 atom stereocenters. The van der Waals surface area contributed by atoms with Crippen LogP contribution in [-0.4, -0.2) is 36.7 Å².